The van der Waals surface area contributed by atoms with Crippen molar-refractivity contribution in [2.45, 2.75) is 4.90 Å². The molecule has 0 aliphatic rings. The molecule has 0 spiro atoms. The van der Waals surface area contributed by atoms with Crippen LogP contribution in [0.1, 0.15) is 0 Å². The van der Waals surface area contributed by atoms with Crippen LogP contribution in [0.25, 0.3) is 11.1 Å². The maximum atomic E-state index is 10.5. The number of nitro groups is 1. The predicted octanol–water partition coefficient (Wildman–Crippen LogP) is 3.55. The van der Waals surface area contributed by atoms with Crippen LogP contribution in [0, 0.1) is 10.1 Å². The van der Waals surface area contributed by atoms with Crippen molar-refractivity contribution < 1.29 is 4.92 Å². The summed E-state index contributed by atoms with van der Waals surface area (Å²) in [5, 5.41) is 10.5. The fourth-order valence-electron chi connectivity index (χ4n) is 1.43. The summed E-state index contributed by atoms with van der Waals surface area (Å²) in [5.74, 6) is 0. The van der Waals surface area contributed by atoms with Gasteiger partial charge in [-0.15, -0.1) is 12.6 Å². The van der Waals surface area contributed by atoms with Crippen LogP contribution < -0.4 is 0 Å². The highest BCUT2D eigenvalue weighted by molar-refractivity contribution is 7.80. The quantitative estimate of drug-likeness (QED) is 0.488. The number of rotatable bonds is 2. The normalized spacial score (nSPS) is 10.1. The first-order valence-corrected chi connectivity index (χ1v) is 5.15. The van der Waals surface area contributed by atoms with Gasteiger partial charge in [0.15, 0.2) is 0 Å². The van der Waals surface area contributed by atoms with E-state index in [-0.39, 0.29) is 5.69 Å². The van der Waals surface area contributed by atoms with Gasteiger partial charge in [0, 0.05) is 17.0 Å². The van der Waals surface area contributed by atoms with Crippen molar-refractivity contribution >= 4 is 18.3 Å². The average Bonchev–Trinajstić information content (AvgIpc) is 2.30. The van der Waals surface area contributed by atoms with E-state index < -0.39 is 4.92 Å². The van der Waals surface area contributed by atoms with E-state index in [1.165, 1.54) is 12.1 Å². The van der Waals surface area contributed by atoms with E-state index >= 15 is 0 Å². The van der Waals surface area contributed by atoms with Crippen LogP contribution in [0.15, 0.2) is 53.4 Å². The van der Waals surface area contributed by atoms with Crippen LogP contribution in [0.4, 0.5) is 5.69 Å². The first-order chi connectivity index (χ1) is 7.66. The molecule has 0 amide bonds. The molecule has 0 aliphatic carbocycles. The number of benzene rings is 2. The minimum Gasteiger partial charge on any atom is -0.258 e. The molecule has 2 aromatic carbocycles. The summed E-state index contributed by atoms with van der Waals surface area (Å²) in [6.07, 6.45) is 0. The molecule has 0 bridgehead atoms. The van der Waals surface area contributed by atoms with Gasteiger partial charge >= 0.3 is 0 Å². The Bertz CT molecular complexity index is 506. The number of thiol groups is 1. The van der Waals surface area contributed by atoms with Gasteiger partial charge in [0.25, 0.3) is 5.69 Å². The smallest absolute Gasteiger partial charge is 0.258 e. The summed E-state index contributed by atoms with van der Waals surface area (Å²) in [6.45, 7) is 0. The third kappa shape index (κ3) is 2.23. The van der Waals surface area contributed by atoms with Gasteiger partial charge in [-0.1, -0.05) is 12.1 Å². The number of nitro benzene ring substituents is 1. The molecule has 3 nitrogen and oxygen atoms in total. The van der Waals surface area contributed by atoms with Gasteiger partial charge < -0.3 is 0 Å². The molecule has 16 heavy (non-hydrogen) atoms. The van der Waals surface area contributed by atoms with Crippen LogP contribution in [0.2, 0.25) is 0 Å². The second-order valence-corrected chi connectivity index (χ2v) is 3.87. The van der Waals surface area contributed by atoms with Crippen LogP contribution >= 0.6 is 12.6 Å². The van der Waals surface area contributed by atoms with Crippen LogP contribution in [-0.4, -0.2) is 4.92 Å². The predicted molar refractivity (Wildman–Crippen MR) is 65.8 cm³/mol. The highest BCUT2D eigenvalue weighted by Crippen LogP contribution is 2.23. The van der Waals surface area contributed by atoms with Crippen molar-refractivity contribution in [2.24, 2.45) is 0 Å². The first kappa shape index (κ1) is 10.7. The van der Waals surface area contributed by atoms with E-state index in [1.807, 2.05) is 24.3 Å². The molecule has 0 heterocycles. The third-order valence-corrected chi connectivity index (χ3v) is 2.58. The maximum Gasteiger partial charge on any atom is 0.269 e. The Kier molecular flexibility index (Phi) is 2.92. The van der Waals surface area contributed by atoms with E-state index in [4.69, 9.17) is 0 Å². The topological polar surface area (TPSA) is 43.1 Å². The van der Waals surface area contributed by atoms with Crippen LogP contribution in [0.5, 0.6) is 0 Å². The lowest BCUT2D eigenvalue weighted by Gasteiger charge is -2.01. The lowest BCUT2D eigenvalue weighted by Crippen LogP contribution is -1.87. The van der Waals surface area contributed by atoms with Crippen molar-refractivity contribution in [3.8, 4) is 11.1 Å². The minimum absolute atomic E-state index is 0.106. The molecule has 0 aliphatic heterocycles. The summed E-state index contributed by atoms with van der Waals surface area (Å²) in [4.78, 5) is 11.0. The summed E-state index contributed by atoms with van der Waals surface area (Å²) in [6, 6.07) is 14.1. The van der Waals surface area contributed by atoms with Crippen molar-refractivity contribution in [2.75, 3.05) is 0 Å². The second-order valence-electron chi connectivity index (χ2n) is 3.35. The molecular weight excluding hydrogens is 222 g/mol. The summed E-state index contributed by atoms with van der Waals surface area (Å²) in [7, 11) is 0. The van der Waals surface area contributed by atoms with Gasteiger partial charge in [0.1, 0.15) is 0 Å². The van der Waals surface area contributed by atoms with Gasteiger partial charge in [-0.05, 0) is 35.4 Å². The Hall–Kier alpha value is -1.81. The molecule has 0 radical (unpaired) electrons. The van der Waals surface area contributed by atoms with Crippen LogP contribution in [-0.2, 0) is 0 Å². The van der Waals surface area contributed by atoms with Crippen molar-refractivity contribution in [1.82, 2.24) is 0 Å². The van der Waals surface area contributed by atoms with E-state index in [0.717, 1.165) is 16.0 Å². The molecule has 0 saturated heterocycles. The Balaban J connectivity index is 2.34. The molecule has 0 fully saturated rings. The van der Waals surface area contributed by atoms with Crippen molar-refractivity contribution in [1.29, 1.82) is 0 Å². The number of nitrogens with zero attached hydrogens (tertiary/aromatic N) is 1. The minimum atomic E-state index is -0.402. The molecule has 2 aromatic rings. The van der Waals surface area contributed by atoms with Gasteiger partial charge in [-0.3, -0.25) is 10.1 Å². The number of hydrogen-bond donors (Lipinski definition) is 1. The Morgan fingerprint density at radius 2 is 1.31 bits per heavy atom. The third-order valence-electron chi connectivity index (χ3n) is 2.28. The summed E-state index contributed by atoms with van der Waals surface area (Å²) >= 11 is 4.20. The van der Waals surface area contributed by atoms with Crippen LogP contribution in [0.3, 0.4) is 0 Å². The Morgan fingerprint density at radius 3 is 1.75 bits per heavy atom. The maximum absolute atomic E-state index is 10.5. The highest BCUT2D eigenvalue weighted by atomic mass is 32.1. The lowest BCUT2D eigenvalue weighted by molar-refractivity contribution is -0.384. The monoisotopic (exact) mass is 231 g/mol. The molecule has 80 valence electrons. The largest absolute Gasteiger partial charge is 0.269 e. The first-order valence-electron chi connectivity index (χ1n) is 4.71. The number of hydrogen-bond acceptors (Lipinski definition) is 3. The molecule has 0 aromatic heterocycles. The number of non-ortho nitro benzene ring substituents is 1. The SMILES string of the molecule is O=[N+]([O-])c1ccc(-c2ccc(S)cc2)cc1. The molecule has 0 N–H and O–H groups in total. The standard InChI is InChI=1S/C12H9NO2S/c14-13(15)11-5-1-9(2-6-11)10-3-7-12(16)8-4-10/h1-8,16H. The van der Waals surface area contributed by atoms with Gasteiger partial charge in [-0.2, -0.15) is 0 Å². The average molecular weight is 231 g/mol. The Morgan fingerprint density at radius 1 is 0.875 bits per heavy atom. The fourth-order valence-corrected chi connectivity index (χ4v) is 1.58. The molecule has 0 saturated carbocycles. The van der Waals surface area contributed by atoms with Crippen molar-refractivity contribution in [3.05, 3.63) is 58.6 Å². The molecular formula is C12H9NO2S. The van der Waals surface area contributed by atoms with Gasteiger partial charge in [-0.25, -0.2) is 0 Å². The Labute approximate surface area is 98.3 Å². The molecule has 4 heteroatoms. The summed E-state index contributed by atoms with van der Waals surface area (Å²) in [5.41, 5.74) is 2.08. The lowest BCUT2D eigenvalue weighted by atomic mass is 10.1. The van der Waals surface area contributed by atoms with E-state index in [9.17, 15) is 10.1 Å². The highest BCUT2D eigenvalue weighted by Gasteiger charge is 2.04. The van der Waals surface area contributed by atoms with Crippen molar-refractivity contribution in [3.63, 3.8) is 0 Å². The van der Waals surface area contributed by atoms with E-state index in [2.05, 4.69) is 12.6 Å². The second kappa shape index (κ2) is 4.37. The molecule has 2 rings (SSSR count). The van der Waals surface area contributed by atoms with Gasteiger partial charge in [0.05, 0.1) is 4.92 Å². The zero-order valence-corrected chi connectivity index (χ0v) is 9.22. The van der Waals surface area contributed by atoms with E-state index in [0.29, 0.717) is 0 Å². The molecule has 0 unspecified atom stereocenters. The summed E-state index contributed by atoms with van der Waals surface area (Å²) < 4.78 is 0. The zero-order valence-electron chi connectivity index (χ0n) is 8.33. The van der Waals surface area contributed by atoms with E-state index in [1.54, 1.807) is 12.1 Å². The molecule has 0 atom stereocenters. The zero-order chi connectivity index (χ0) is 11.5. The fraction of sp³-hybridized carbons (Fsp3) is 0. The van der Waals surface area contributed by atoms with Gasteiger partial charge in [0.2, 0.25) is 0 Å².